The SMILES string of the molecule is c1cc(CO[C@@H]2CN(C3CCCC3)Cc3ccnn3C2)ccn1. The van der Waals surface area contributed by atoms with Gasteiger partial charge < -0.3 is 4.74 Å². The molecule has 0 radical (unpaired) electrons. The zero-order valence-electron chi connectivity index (χ0n) is 13.5. The Morgan fingerprint density at radius 2 is 1.87 bits per heavy atom. The van der Waals surface area contributed by atoms with Crippen LogP contribution in [0.25, 0.3) is 0 Å². The van der Waals surface area contributed by atoms with E-state index in [-0.39, 0.29) is 6.10 Å². The first-order chi connectivity index (χ1) is 11.4. The average molecular weight is 312 g/mol. The molecule has 122 valence electrons. The van der Waals surface area contributed by atoms with Gasteiger partial charge in [-0.15, -0.1) is 0 Å². The van der Waals surface area contributed by atoms with E-state index in [2.05, 4.69) is 25.7 Å². The van der Waals surface area contributed by atoms with Crippen LogP contribution in [0.1, 0.15) is 36.9 Å². The van der Waals surface area contributed by atoms with Gasteiger partial charge in [0.2, 0.25) is 0 Å². The van der Waals surface area contributed by atoms with Crippen molar-refractivity contribution in [2.75, 3.05) is 6.54 Å². The van der Waals surface area contributed by atoms with E-state index in [9.17, 15) is 0 Å². The first kappa shape index (κ1) is 14.8. The summed E-state index contributed by atoms with van der Waals surface area (Å²) in [7, 11) is 0. The third-order valence-electron chi connectivity index (χ3n) is 5.06. The number of nitrogens with zero attached hydrogens (tertiary/aromatic N) is 4. The number of hydrogen-bond acceptors (Lipinski definition) is 4. The number of aromatic nitrogens is 3. The average Bonchev–Trinajstić information content (AvgIpc) is 3.23. The third-order valence-corrected chi connectivity index (χ3v) is 5.06. The van der Waals surface area contributed by atoms with Crippen molar-refractivity contribution in [1.82, 2.24) is 19.7 Å². The van der Waals surface area contributed by atoms with Gasteiger partial charge in [0.25, 0.3) is 0 Å². The third kappa shape index (κ3) is 3.46. The minimum Gasteiger partial charge on any atom is -0.370 e. The summed E-state index contributed by atoms with van der Waals surface area (Å²) in [5.41, 5.74) is 2.49. The fourth-order valence-electron chi connectivity index (χ4n) is 3.79. The molecule has 1 atom stereocenters. The predicted octanol–water partition coefficient (Wildman–Crippen LogP) is 2.62. The zero-order chi connectivity index (χ0) is 15.5. The molecule has 1 aliphatic carbocycles. The molecule has 0 N–H and O–H groups in total. The van der Waals surface area contributed by atoms with E-state index < -0.39 is 0 Å². The van der Waals surface area contributed by atoms with E-state index in [1.165, 1.54) is 36.9 Å². The van der Waals surface area contributed by atoms with Crippen molar-refractivity contribution in [3.05, 3.63) is 48.0 Å². The summed E-state index contributed by atoms with van der Waals surface area (Å²) in [6.07, 6.45) is 11.1. The molecule has 0 spiro atoms. The van der Waals surface area contributed by atoms with Gasteiger partial charge in [0.05, 0.1) is 24.9 Å². The normalized spacial score (nSPS) is 22.9. The van der Waals surface area contributed by atoms with Crippen LogP contribution in [0.2, 0.25) is 0 Å². The fraction of sp³-hybridized carbons (Fsp3) is 0.556. The highest BCUT2D eigenvalue weighted by Gasteiger charge is 2.29. The van der Waals surface area contributed by atoms with Crippen LogP contribution in [-0.2, 0) is 24.4 Å². The summed E-state index contributed by atoms with van der Waals surface area (Å²) in [5, 5.41) is 4.48. The number of ether oxygens (including phenoxy) is 1. The van der Waals surface area contributed by atoms with Gasteiger partial charge in [-0.25, -0.2) is 0 Å². The monoisotopic (exact) mass is 312 g/mol. The van der Waals surface area contributed by atoms with Crippen LogP contribution in [-0.4, -0.2) is 38.4 Å². The highest BCUT2D eigenvalue weighted by Crippen LogP contribution is 2.27. The van der Waals surface area contributed by atoms with Crippen molar-refractivity contribution in [2.24, 2.45) is 0 Å². The Hall–Kier alpha value is -1.72. The van der Waals surface area contributed by atoms with Crippen LogP contribution in [0.5, 0.6) is 0 Å². The first-order valence-electron chi connectivity index (χ1n) is 8.64. The molecule has 0 saturated heterocycles. The molecule has 5 nitrogen and oxygen atoms in total. The molecule has 1 saturated carbocycles. The van der Waals surface area contributed by atoms with Crippen LogP contribution < -0.4 is 0 Å². The van der Waals surface area contributed by atoms with Gasteiger partial charge >= 0.3 is 0 Å². The number of hydrogen-bond donors (Lipinski definition) is 0. The molecule has 0 amide bonds. The van der Waals surface area contributed by atoms with Crippen molar-refractivity contribution in [3.8, 4) is 0 Å². The van der Waals surface area contributed by atoms with Gasteiger partial charge in [0.1, 0.15) is 0 Å². The Balaban J connectivity index is 1.47. The molecule has 1 aliphatic heterocycles. The molecular formula is C18H24N4O. The standard InChI is InChI=1S/C18H24N4O/c1-2-4-16(3-1)21-11-17-7-10-20-22(17)13-18(12-21)23-14-15-5-8-19-9-6-15/h5-10,16,18H,1-4,11-14H2/t18-/m1/s1. The molecule has 4 rings (SSSR count). The molecular weight excluding hydrogens is 288 g/mol. The molecule has 2 aliphatic rings. The Bertz CT molecular complexity index is 621. The lowest BCUT2D eigenvalue weighted by atomic mass is 10.2. The Morgan fingerprint density at radius 1 is 1.04 bits per heavy atom. The predicted molar refractivity (Wildman–Crippen MR) is 87.7 cm³/mol. The second kappa shape index (κ2) is 6.81. The van der Waals surface area contributed by atoms with Gasteiger partial charge in [-0.05, 0) is 36.6 Å². The topological polar surface area (TPSA) is 43.2 Å². The van der Waals surface area contributed by atoms with E-state index in [0.717, 1.165) is 19.6 Å². The molecule has 1 fully saturated rings. The van der Waals surface area contributed by atoms with Crippen molar-refractivity contribution < 1.29 is 4.74 Å². The number of fused-ring (bicyclic) bond motifs is 1. The molecule has 0 unspecified atom stereocenters. The highest BCUT2D eigenvalue weighted by molar-refractivity contribution is 5.08. The summed E-state index contributed by atoms with van der Waals surface area (Å²) in [6.45, 7) is 3.48. The quantitative estimate of drug-likeness (QED) is 0.870. The van der Waals surface area contributed by atoms with E-state index in [0.29, 0.717) is 12.6 Å². The van der Waals surface area contributed by atoms with Gasteiger partial charge in [-0.3, -0.25) is 14.6 Å². The van der Waals surface area contributed by atoms with Crippen LogP contribution in [0, 0.1) is 0 Å². The zero-order valence-corrected chi connectivity index (χ0v) is 13.5. The van der Waals surface area contributed by atoms with E-state index in [4.69, 9.17) is 4.74 Å². The largest absolute Gasteiger partial charge is 0.370 e. The van der Waals surface area contributed by atoms with Gasteiger partial charge in [0, 0.05) is 37.7 Å². The van der Waals surface area contributed by atoms with Crippen LogP contribution >= 0.6 is 0 Å². The summed E-state index contributed by atoms with van der Waals surface area (Å²) in [4.78, 5) is 6.68. The molecule has 0 bridgehead atoms. The van der Waals surface area contributed by atoms with Crippen molar-refractivity contribution in [1.29, 1.82) is 0 Å². The smallest absolute Gasteiger partial charge is 0.0902 e. The molecule has 3 heterocycles. The Labute approximate surface area is 137 Å². The highest BCUT2D eigenvalue weighted by atomic mass is 16.5. The second-order valence-corrected chi connectivity index (χ2v) is 6.66. The van der Waals surface area contributed by atoms with E-state index >= 15 is 0 Å². The van der Waals surface area contributed by atoms with Gasteiger partial charge in [-0.2, -0.15) is 5.10 Å². The first-order valence-corrected chi connectivity index (χ1v) is 8.64. The lowest BCUT2D eigenvalue weighted by Crippen LogP contribution is -2.38. The molecule has 5 heteroatoms. The van der Waals surface area contributed by atoms with Crippen molar-refractivity contribution in [2.45, 2.75) is 57.5 Å². The summed E-state index contributed by atoms with van der Waals surface area (Å²) >= 11 is 0. The minimum absolute atomic E-state index is 0.185. The van der Waals surface area contributed by atoms with Crippen molar-refractivity contribution in [3.63, 3.8) is 0 Å². The van der Waals surface area contributed by atoms with E-state index in [1.54, 1.807) is 0 Å². The van der Waals surface area contributed by atoms with Crippen molar-refractivity contribution >= 4 is 0 Å². The fourth-order valence-corrected chi connectivity index (χ4v) is 3.79. The van der Waals surface area contributed by atoms with Gasteiger partial charge in [0.15, 0.2) is 0 Å². The summed E-state index contributed by atoms with van der Waals surface area (Å²) in [6, 6.07) is 6.89. The summed E-state index contributed by atoms with van der Waals surface area (Å²) in [5.74, 6) is 0. The maximum atomic E-state index is 6.23. The maximum Gasteiger partial charge on any atom is 0.0902 e. The second-order valence-electron chi connectivity index (χ2n) is 6.66. The molecule has 2 aromatic heterocycles. The van der Waals surface area contributed by atoms with Crippen LogP contribution in [0.4, 0.5) is 0 Å². The lowest BCUT2D eigenvalue weighted by Gasteiger charge is -2.29. The lowest BCUT2D eigenvalue weighted by molar-refractivity contribution is 0.000580. The van der Waals surface area contributed by atoms with Crippen LogP contribution in [0.3, 0.4) is 0 Å². The number of rotatable bonds is 4. The molecule has 2 aromatic rings. The molecule has 23 heavy (non-hydrogen) atoms. The molecule has 0 aromatic carbocycles. The number of pyridine rings is 1. The summed E-state index contributed by atoms with van der Waals surface area (Å²) < 4.78 is 8.35. The minimum atomic E-state index is 0.185. The van der Waals surface area contributed by atoms with E-state index in [1.807, 2.05) is 30.7 Å². The Kier molecular flexibility index (Phi) is 4.39. The maximum absolute atomic E-state index is 6.23. The Morgan fingerprint density at radius 3 is 2.70 bits per heavy atom. The van der Waals surface area contributed by atoms with Gasteiger partial charge in [-0.1, -0.05) is 12.8 Å². The van der Waals surface area contributed by atoms with Crippen LogP contribution in [0.15, 0.2) is 36.8 Å².